The minimum atomic E-state index is 0.215. The fourth-order valence-electron chi connectivity index (χ4n) is 4.99. The Balaban J connectivity index is 1.47. The molecule has 0 spiro atoms. The molecule has 2 saturated carbocycles. The Bertz CT molecular complexity index is 627. The maximum atomic E-state index is 13.3. The summed E-state index contributed by atoms with van der Waals surface area (Å²) in [6, 6.07) is 8.87. The van der Waals surface area contributed by atoms with Crippen LogP contribution >= 0.6 is 0 Å². The van der Waals surface area contributed by atoms with E-state index >= 15 is 0 Å². The zero-order valence-corrected chi connectivity index (χ0v) is 15.7. The summed E-state index contributed by atoms with van der Waals surface area (Å²) in [5, 5.41) is 0. The lowest BCUT2D eigenvalue weighted by atomic mass is 10.0. The lowest BCUT2D eigenvalue weighted by Gasteiger charge is -2.35. The molecule has 140 valence electrons. The number of amides is 2. The van der Waals surface area contributed by atoms with Gasteiger partial charge in [0.05, 0.1) is 0 Å². The van der Waals surface area contributed by atoms with Crippen LogP contribution in [0, 0.1) is 0 Å². The third kappa shape index (κ3) is 3.65. The number of benzene rings is 1. The minimum Gasteiger partial charge on any atom is -0.338 e. The van der Waals surface area contributed by atoms with E-state index in [4.69, 9.17) is 0 Å². The Labute approximate surface area is 156 Å². The van der Waals surface area contributed by atoms with Crippen LogP contribution in [0.3, 0.4) is 0 Å². The van der Waals surface area contributed by atoms with Gasteiger partial charge >= 0.3 is 0 Å². The molecule has 2 amide bonds. The first-order valence-corrected chi connectivity index (χ1v) is 10.4. The van der Waals surface area contributed by atoms with E-state index in [0.29, 0.717) is 25.0 Å². The van der Waals surface area contributed by atoms with Crippen LogP contribution < -0.4 is 0 Å². The third-order valence-electron chi connectivity index (χ3n) is 6.42. The van der Waals surface area contributed by atoms with Crippen LogP contribution in [0.1, 0.15) is 80.1 Å². The molecule has 2 aliphatic carbocycles. The molecule has 1 heterocycles. The first-order valence-electron chi connectivity index (χ1n) is 10.4. The van der Waals surface area contributed by atoms with Gasteiger partial charge in [-0.05, 0) is 49.8 Å². The second-order valence-corrected chi connectivity index (χ2v) is 8.20. The summed E-state index contributed by atoms with van der Waals surface area (Å²) in [4.78, 5) is 29.2. The van der Waals surface area contributed by atoms with Gasteiger partial charge in [-0.15, -0.1) is 0 Å². The van der Waals surface area contributed by atoms with Crippen molar-refractivity contribution in [2.24, 2.45) is 0 Å². The van der Waals surface area contributed by atoms with Crippen molar-refractivity contribution in [1.82, 2.24) is 9.80 Å². The van der Waals surface area contributed by atoms with Crippen LogP contribution in [0.15, 0.2) is 24.3 Å². The molecule has 0 atom stereocenters. The maximum absolute atomic E-state index is 13.3. The van der Waals surface area contributed by atoms with E-state index in [1.165, 1.54) is 25.7 Å². The molecule has 1 saturated heterocycles. The Kier molecular flexibility index (Phi) is 5.28. The third-order valence-corrected chi connectivity index (χ3v) is 6.42. The molecule has 1 aromatic carbocycles. The first-order chi connectivity index (χ1) is 12.7. The van der Waals surface area contributed by atoms with Gasteiger partial charge < -0.3 is 9.80 Å². The van der Waals surface area contributed by atoms with Crippen LogP contribution in [0.2, 0.25) is 0 Å². The van der Waals surface area contributed by atoms with Gasteiger partial charge in [-0.2, -0.15) is 0 Å². The summed E-state index contributed by atoms with van der Waals surface area (Å²) < 4.78 is 0. The van der Waals surface area contributed by atoms with Crippen LogP contribution in [-0.4, -0.2) is 40.2 Å². The van der Waals surface area contributed by atoms with Crippen LogP contribution in [-0.2, 0) is 11.3 Å². The number of hydrogen-bond donors (Lipinski definition) is 0. The van der Waals surface area contributed by atoms with Crippen molar-refractivity contribution >= 4 is 11.8 Å². The van der Waals surface area contributed by atoms with Crippen molar-refractivity contribution in [2.75, 3.05) is 6.54 Å². The zero-order valence-electron chi connectivity index (χ0n) is 15.7. The highest BCUT2D eigenvalue weighted by Crippen LogP contribution is 2.32. The molecule has 4 heteroatoms. The number of carbonyl (C=O) groups excluding carboxylic acids is 2. The van der Waals surface area contributed by atoms with Crippen molar-refractivity contribution in [2.45, 2.75) is 82.8 Å². The van der Waals surface area contributed by atoms with E-state index in [1.54, 1.807) is 0 Å². The molecule has 4 rings (SSSR count). The SMILES string of the molecule is O=C1CCCN1Cc1ccc(C(=O)N(C2CCCC2)C2CCCC2)cc1. The number of carbonyl (C=O) groups is 2. The Morgan fingerprint density at radius 1 is 0.923 bits per heavy atom. The molecule has 0 bridgehead atoms. The predicted octanol–water partition coefficient (Wildman–Crippen LogP) is 4.14. The molecular formula is C22H30N2O2. The Morgan fingerprint density at radius 3 is 2.00 bits per heavy atom. The highest BCUT2D eigenvalue weighted by atomic mass is 16.2. The second kappa shape index (κ2) is 7.81. The quantitative estimate of drug-likeness (QED) is 0.797. The van der Waals surface area contributed by atoms with Crippen LogP contribution in [0.25, 0.3) is 0 Å². The summed E-state index contributed by atoms with van der Waals surface area (Å²) in [5.74, 6) is 0.464. The van der Waals surface area contributed by atoms with Crippen molar-refractivity contribution in [1.29, 1.82) is 0 Å². The van der Waals surface area contributed by atoms with Crippen LogP contribution in [0.4, 0.5) is 0 Å². The smallest absolute Gasteiger partial charge is 0.254 e. The fraction of sp³-hybridized carbons (Fsp3) is 0.636. The largest absolute Gasteiger partial charge is 0.338 e. The number of likely N-dealkylation sites (tertiary alicyclic amines) is 1. The average Bonchev–Trinajstić information content (AvgIpc) is 3.41. The number of hydrogen-bond acceptors (Lipinski definition) is 2. The normalized spacial score (nSPS) is 21.7. The van der Waals surface area contributed by atoms with E-state index < -0.39 is 0 Å². The fourth-order valence-corrected chi connectivity index (χ4v) is 4.99. The van der Waals surface area contributed by atoms with Gasteiger partial charge in [0.15, 0.2) is 0 Å². The van der Waals surface area contributed by atoms with E-state index in [0.717, 1.165) is 49.8 Å². The Hall–Kier alpha value is -1.84. The highest BCUT2D eigenvalue weighted by Gasteiger charge is 2.34. The van der Waals surface area contributed by atoms with Gasteiger partial charge in [-0.1, -0.05) is 37.8 Å². The molecule has 0 aromatic heterocycles. The summed E-state index contributed by atoms with van der Waals surface area (Å²) in [5.41, 5.74) is 1.92. The number of nitrogens with zero attached hydrogens (tertiary/aromatic N) is 2. The van der Waals surface area contributed by atoms with E-state index in [9.17, 15) is 9.59 Å². The van der Waals surface area contributed by atoms with E-state index in [2.05, 4.69) is 4.90 Å². The van der Waals surface area contributed by atoms with Gasteiger partial charge in [-0.3, -0.25) is 9.59 Å². The van der Waals surface area contributed by atoms with Crippen LogP contribution in [0.5, 0.6) is 0 Å². The first kappa shape index (κ1) is 17.6. The molecule has 3 fully saturated rings. The van der Waals surface area contributed by atoms with Crippen molar-refractivity contribution < 1.29 is 9.59 Å². The lowest BCUT2D eigenvalue weighted by molar-refractivity contribution is -0.128. The lowest BCUT2D eigenvalue weighted by Crippen LogP contribution is -2.45. The van der Waals surface area contributed by atoms with Crippen molar-refractivity contribution in [3.05, 3.63) is 35.4 Å². The van der Waals surface area contributed by atoms with Crippen molar-refractivity contribution in [3.63, 3.8) is 0 Å². The van der Waals surface area contributed by atoms with Gasteiger partial charge in [-0.25, -0.2) is 0 Å². The van der Waals surface area contributed by atoms with Gasteiger partial charge in [0.1, 0.15) is 0 Å². The molecule has 1 aromatic rings. The standard InChI is InChI=1S/C22H30N2O2/c25-21-10-5-15-23(21)16-17-11-13-18(14-12-17)22(26)24(19-6-1-2-7-19)20-8-3-4-9-20/h11-14,19-20H,1-10,15-16H2. The summed E-state index contributed by atoms with van der Waals surface area (Å²) in [7, 11) is 0. The molecule has 0 radical (unpaired) electrons. The molecule has 0 unspecified atom stereocenters. The van der Waals surface area contributed by atoms with Gasteiger partial charge in [0, 0.05) is 37.2 Å². The van der Waals surface area contributed by atoms with Crippen molar-refractivity contribution in [3.8, 4) is 0 Å². The zero-order chi connectivity index (χ0) is 17.9. The van der Waals surface area contributed by atoms with E-state index in [1.807, 2.05) is 29.2 Å². The number of rotatable bonds is 5. The molecule has 26 heavy (non-hydrogen) atoms. The summed E-state index contributed by atoms with van der Waals surface area (Å²) >= 11 is 0. The molecule has 3 aliphatic rings. The molecule has 0 N–H and O–H groups in total. The highest BCUT2D eigenvalue weighted by molar-refractivity contribution is 5.94. The molecular weight excluding hydrogens is 324 g/mol. The maximum Gasteiger partial charge on any atom is 0.254 e. The topological polar surface area (TPSA) is 40.6 Å². The second-order valence-electron chi connectivity index (χ2n) is 8.20. The van der Waals surface area contributed by atoms with Gasteiger partial charge in [0.2, 0.25) is 5.91 Å². The average molecular weight is 354 g/mol. The molecule has 1 aliphatic heterocycles. The summed E-state index contributed by atoms with van der Waals surface area (Å²) in [6.45, 7) is 1.53. The minimum absolute atomic E-state index is 0.215. The van der Waals surface area contributed by atoms with Gasteiger partial charge in [0.25, 0.3) is 5.91 Å². The summed E-state index contributed by atoms with van der Waals surface area (Å²) in [6.07, 6.45) is 11.3. The Morgan fingerprint density at radius 2 is 1.50 bits per heavy atom. The monoisotopic (exact) mass is 354 g/mol. The molecule has 4 nitrogen and oxygen atoms in total. The van der Waals surface area contributed by atoms with E-state index in [-0.39, 0.29) is 11.8 Å². The predicted molar refractivity (Wildman–Crippen MR) is 102 cm³/mol.